The summed E-state index contributed by atoms with van der Waals surface area (Å²) < 4.78 is 15.9. The Hall–Kier alpha value is -2.64. The standard InChI is InChI=1S/C19H16ClNO5S/c1-24-14-10-16(26-3)15(25-2)8-11(14)9-17-18(22)21(19(23)27-17)13-7-5-4-6-12(13)20/h4-10H,1-3H3/b17-9-. The van der Waals surface area contributed by atoms with Crippen molar-refractivity contribution in [1.82, 2.24) is 0 Å². The van der Waals surface area contributed by atoms with Gasteiger partial charge in [-0.25, -0.2) is 4.90 Å². The highest BCUT2D eigenvalue weighted by atomic mass is 35.5. The molecular weight excluding hydrogens is 390 g/mol. The number of anilines is 1. The molecule has 27 heavy (non-hydrogen) atoms. The minimum absolute atomic E-state index is 0.255. The summed E-state index contributed by atoms with van der Waals surface area (Å²) in [6.45, 7) is 0. The van der Waals surface area contributed by atoms with Crippen molar-refractivity contribution in [3.8, 4) is 17.2 Å². The molecule has 0 aliphatic carbocycles. The van der Waals surface area contributed by atoms with Crippen LogP contribution in [0.4, 0.5) is 10.5 Å². The molecule has 0 N–H and O–H groups in total. The predicted molar refractivity (Wildman–Crippen MR) is 106 cm³/mol. The number of rotatable bonds is 5. The number of hydrogen-bond donors (Lipinski definition) is 0. The van der Waals surface area contributed by atoms with Crippen LogP contribution in [0, 0.1) is 0 Å². The van der Waals surface area contributed by atoms with Crippen molar-refractivity contribution >= 4 is 46.3 Å². The van der Waals surface area contributed by atoms with Crippen LogP contribution in [0.1, 0.15) is 5.56 Å². The Balaban J connectivity index is 2.03. The molecule has 0 aromatic heterocycles. The summed E-state index contributed by atoms with van der Waals surface area (Å²) >= 11 is 6.97. The van der Waals surface area contributed by atoms with Crippen molar-refractivity contribution < 1.29 is 23.8 Å². The molecule has 1 fully saturated rings. The van der Waals surface area contributed by atoms with Gasteiger partial charge in [0.25, 0.3) is 11.1 Å². The Morgan fingerprint density at radius 1 is 0.963 bits per heavy atom. The minimum atomic E-state index is -0.449. The van der Waals surface area contributed by atoms with Gasteiger partial charge in [0.15, 0.2) is 11.5 Å². The largest absolute Gasteiger partial charge is 0.496 e. The second-order valence-corrected chi connectivity index (χ2v) is 6.82. The molecule has 1 aliphatic rings. The first-order valence-electron chi connectivity index (χ1n) is 7.82. The van der Waals surface area contributed by atoms with Crippen LogP contribution in [0.15, 0.2) is 41.3 Å². The van der Waals surface area contributed by atoms with Crippen LogP contribution < -0.4 is 19.1 Å². The first kappa shape index (κ1) is 19.1. The second kappa shape index (κ2) is 7.94. The van der Waals surface area contributed by atoms with Crippen molar-refractivity contribution in [3.05, 3.63) is 51.9 Å². The van der Waals surface area contributed by atoms with Crippen molar-refractivity contribution in [1.29, 1.82) is 0 Å². The van der Waals surface area contributed by atoms with E-state index in [0.29, 0.717) is 33.5 Å². The lowest BCUT2D eigenvalue weighted by Gasteiger charge is -2.14. The molecule has 0 spiro atoms. The van der Waals surface area contributed by atoms with Gasteiger partial charge in [-0.2, -0.15) is 0 Å². The normalized spacial score (nSPS) is 15.4. The first-order chi connectivity index (χ1) is 13.0. The van der Waals surface area contributed by atoms with Gasteiger partial charge in [-0.3, -0.25) is 9.59 Å². The van der Waals surface area contributed by atoms with E-state index in [2.05, 4.69) is 0 Å². The van der Waals surface area contributed by atoms with Gasteiger partial charge in [0.1, 0.15) is 5.75 Å². The minimum Gasteiger partial charge on any atom is -0.496 e. The highest BCUT2D eigenvalue weighted by molar-refractivity contribution is 8.19. The van der Waals surface area contributed by atoms with Gasteiger partial charge in [-0.15, -0.1) is 0 Å². The highest BCUT2D eigenvalue weighted by Gasteiger charge is 2.37. The fourth-order valence-electron chi connectivity index (χ4n) is 2.62. The number of amides is 2. The number of para-hydroxylation sites is 1. The molecule has 0 saturated carbocycles. The Kier molecular flexibility index (Phi) is 5.62. The van der Waals surface area contributed by atoms with Crippen LogP contribution in [-0.2, 0) is 4.79 Å². The number of nitrogens with zero attached hydrogens (tertiary/aromatic N) is 1. The van der Waals surface area contributed by atoms with E-state index in [1.54, 1.807) is 42.5 Å². The van der Waals surface area contributed by atoms with Gasteiger partial charge < -0.3 is 14.2 Å². The van der Waals surface area contributed by atoms with Crippen LogP contribution in [0.25, 0.3) is 6.08 Å². The summed E-state index contributed by atoms with van der Waals surface area (Å²) in [5.41, 5.74) is 0.934. The predicted octanol–water partition coefficient (Wildman–Crippen LogP) is 4.61. The van der Waals surface area contributed by atoms with Crippen LogP contribution in [0.3, 0.4) is 0 Å². The number of carbonyl (C=O) groups is 2. The molecule has 3 rings (SSSR count). The number of thioether (sulfide) groups is 1. The molecule has 1 heterocycles. The van der Waals surface area contributed by atoms with E-state index in [1.165, 1.54) is 21.3 Å². The quantitative estimate of drug-likeness (QED) is 0.677. The fourth-order valence-corrected chi connectivity index (χ4v) is 3.66. The van der Waals surface area contributed by atoms with Gasteiger partial charge in [0.2, 0.25) is 0 Å². The Bertz CT molecular complexity index is 944. The lowest BCUT2D eigenvalue weighted by atomic mass is 10.1. The van der Waals surface area contributed by atoms with Crippen LogP contribution >= 0.6 is 23.4 Å². The summed E-state index contributed by atoms with van der Waals surface area (Å²) in [4.78, 5) is 26.5. The molecule has 0 unspecified atom stereocenters. The third kappa shape index (κ3) is 3.61. The lowest BCUT2D eigenvalue weighted by molar-refractivity contribution is -0.113. The van der Waals surface area contributed by atoms with E-state index in [4.69, 9.17) is 25.8 Å². The van der Waals surface area contributed by atoms with Crippen molar-refractivity contribution in [3.63, 3.8) is 0 Å². The van der Waals surface area contributed by atoms with Gasteiger partial charge in [-0.1, -0.05) is 23.7 Å². The van der Waals surface area contributed by atoms with Crippen LogP contribution in [0.2, 0.25) is 5.02 Å². The zero-order chi connectivity index (χ0) is 19.6. The first-order valence-corrected chi connectivity index (χ1v) is 9.02. The molecule has 0 bridgehead atoms. The molecule has 140 valence electrons. The van der Waals surface area contributed by atoms with Gasteiger partial charge in [0.05, 0.1) is 36.9 Å². The average molecular weight is 406 g/mol. The topological polar surface area (TPSA) is 65.1 Å². The third-order valence-electron chi connectivity index (χ3n) is 3.91. The van der Waals surface area contributed by atoms with E-state index in [-0.39, 0.29) is 4.91 Å². The van der Waals surface area contributed by atoms with Gasteiger partial charge >= 0.3 is 0 Å². The smallest absolute Gasteiger partial charge is 0.298 e. The molecule has 2 amide bonds. The van der Waals surface area contributed by atoms with E-state index in [1.807, 2.05) is 0 Å². The number of carbonyl (C=O) groups excluding carboxylic acids is 2. The van der Waals surface area contributed by atoms with Gasteiger partial charge in [-0.05, 0) is 36.0 Å². The monoisotopic (exact) mass is 405 g/mol. The van der Waals surface area contributed by atoms with E-state index in [0.717, 1.165) is 16.7 Å². The SMILES string of the molecule is COc1cc(OC)c(OC)cc1/C=C1\SC(=O)N(c2ccccc2Cl)C1=O. The summed E-state index contributed by atoms with van der Waals surface area (Å²) in [5, 5.41) is -0.0939. The zero-order valence-corrected chi connectivity index (χ0v) is 16.4. The molecule has 8 heteroatoms. The fraction of sp³-hybridized carbons (Fsp3) is 0.158. The number of imide groups is 1. The third-order valence-corrected chi connectivity index (χ3v) is 5.10. The number of ether oxygens (including phenoxy) is 3. The second-order valence-electron chi connectivity index (χ2n) is 5.42. The summed E-state index contributed by atoms with van der Waals surface area (Å²) in [6, 6.07) is 10.0. The van der Waals surface area contributed by atoms with Crippen LogP contribution in [-0.4, -0.2) is 32.5 Å². The van der Waals surface area contributed by atoms with E-state index in [9.17, 15) is 9.59 Å². The molecule has 1 saturated heterocycles. The molecule has 0 radical (unpaired) electrons. The maximum atomic E-state index is 12.8. The van der Waals surface area contributed by atoms with E-state index >= 15 is 0 Å². The lowest BCUT2D eigenvalue weighted by Crippen LogP contribution is -2.27. The van der Waals surface area contributed by atoms with Crippen molar-refractivity contribution in [2.75, 3.05) is 26.2 Å². The number of hydrogen-bond acceptors (Lipinski definition) is 6. The Labute approximate surface area is 165 Å². The number of methoxy groups -OCH3 is 3. The summed E-state index contributed by atoms with van der Waals surface area (Å²) in [5.74, 6) is 1.01. The highest BCUT2D eigenvalue weighted by Crippen LogP contribution is 2.41. The van der Waals surface area contributed by atoms with Gasteiger partial charge in [0, 0.05) is 11.6 Å². The molecular formula is C19H16ClNO5S. The average Bonchev–Trinajstić information content (AvgIpc) is 2.95. The number of benzene rings is 2. The zero-order valence-electron chi connectivity index (χ0n) is 14.8. The number of halogens is 1. The Morgan fingerprint density at radius 3 is 2.22 bits per heavy atom. The molecule has 2 aromatic rings. The van der Waals surface area contributed by atoms with Crippen LogP contribution in [0.5, 0.6) is 17.2 Å². The van der Waals surface area contributed by atoms with Crippen molar-refractivity contribution in [2.24, 2.45) is 0 Å². The molecule has 1 aliphatic heterocycles. The maximum Gasteiger partial charge on any atom is 0.298 e. The molecule has 6 nitrogen and oxygen atoms in total. The summed E-state index contributed by atoms with van der Waals surface area (Å²) in [6.07, 6.45) is 1.59. The van der Waals surface area contributed by atoms with E-state index < -0.39 is 11.1 Å². The Morgan fingerprint density at radius 2 is 1.59 bits per heavy atom. The van der Waals surface area contributed by atoms with Crippen molar-refractivity contribution in [2.45, 2.75) is 0 Å². The summed E-state index contributed by atoms with van der Waals surface area (Å²) in [7, 11) is 4.54. The molecule has 0 atom stereocenters. The maximum absolute atomic E-state index is 12.8. The molecule has 2 aromatic carbocycles.